The van der Waals surface area contributed by atoms with E-state index in [1.54, 1.807) is 42.5 Å². The van der Waals surface area contributed by atoms with E-state index < -0.39 is 35.0 Å². The fourth-order valence-corrected chi connectivity index (χ4v) is 3.63. The minimum atomic E-state index is -1.31. The first-order chi connectivity index (χ1) is 16.2. The van der Waals surface area contributed by atoms with Gasteiger partial charge in [-0.3, -0.25) is 24.5 Å². The van der Waals surface area contributed by atoms with Gasteiger partial charge < -0.3 is 20.3 Å². The van der Waals surface area contributed by atoms with Crippen LogP contribution in [0.3, 0.4) is 0 Å². The SMILES string of the molecule is O=C(O)CC[C@@H](NC(=O)c1ccc(COc2cccc(/C=C3\SC(=O)NC3=O)c2)cc1)C(=O)O. The Hall–Kier alpha value is -4.12. The zero-order valence-corrected chi connectivity index (χ0v) is 18.5. The first-order valence-electron chi connectivity index (χ1n) is 10.0. The molecule has 2 aromatic rings. The van der Waals surface area contributed by atoms with E-state index in [0.29, 0.717) is 16.2 Å². The molecule has 176 valence electrons. The van der Waals surface area contributed by atoms with Gasteiger partial charge in [-0.1, -0.05) is 24.3 Å². The lowest BCUT2D eigenvalue weighted by Crippen LogP contribution is -2.41. The average Bonchev–Trinajstić information content (AvgIpc) is 3.11. The van der Waals surface area contributed by atoms with Crippen molar-refractivity contribution in [3.05, 3.63) is 70.1 Å². The summed E-state index contributed by atoms with van der Waals surface area (Å²) >= 11 is 0.827. The molecule has 0 radical (unpaired) electrons. The number of benzene rings is 2. The van der Waals surface area contributed by atoms with E-state index in [-0.39, 0.29) is 25.0 Å². The third-order valence-electron chi connectivity index (χ3n) is 4.67. The fourth-order valence-electron chi connectivity index (χ4n) is 2.95. The molecule has 4 N–H and O–H groups in total. The molecule has 0 spiro atoms. The van der Waals surface area contributed by atoms with Crippen LogP contribution in [0.15, 0.2) is 53.4 Å². The van der Waals surface area contributed by atoms with Crippen LogP contribution in [-0.2, 0) is 21.0 Å². The Labute approximate surface area is 198 Å². The van der Waals surface area contributed by atoms with Gasteiger partial charge in [0.25, 0.3) is 17.1 Å². The molecule has 0 bridgehead atoms. The molecule has 1 saturated heterocycles. The van der Waals surface area contributed by atoms with Crippen molar-refractivity contribution >= 4 is 46.8 Å². The Balaban J connectivity index is 1.58. The van der Waals surface area contributed by atoms with Gasteiger partial charge in [0.05, 0.1) is 4.91 Å². The number of carboxylic acid groups (broad SMARTS) is 2. The van der Waals surface area contributed by atoms with Crippen molar-refractivity contribution in [1.82, 2.24) is 10.6 Å². The van der Waals surface area contributed by atoms with E-state index in [9.17, 15) is 24.0 Å². The standard InChI is InChI=1S/C23H20N2O8S/c26-19(27)9-8-17(22(30)31)24-20(28)15-6-4-13(5-7-15)12-33-16-3-1-2-14(10-16)11-18-21(29)25-23(32)34-18/h1-7,10-11,17H,8-9,12H2,(H,24,28)(H,26,27)(H,30,31)(H,25,29,32)/b18-11-/t17-/m1/s1. The molecule has 1 fully saturated rings. The van der Waals surface area contributed by atoms with Crippen molar-refractivity contribution < 1.29 is 38.9 Å². The quantitative estimate of drug-likeness (QED) is 0.372. The van der Waals surface area contributed by atoms with E-state index in [1.807, 2.05) is 0 Å². The number of carbonyl (C=O) groups excluding carboxylic acids is 3. The minimum Gasteiger partial charge on any atom is -0.489 e. The highest BCUT2D eigenvalue weighted by atomic mass is 32.2. The van der Waals surface area contributed by atoms with Crippen LogP contribution in [0.2, 0.25) is 0 Å². The van der Waals surface area contributed by atoms with Crippen LogP contribution in [0.5, 0.6) is 5.75 Å². The van der Waals surface area contributed by atoms with Gasteiger partial charge in [-0.15, -0.1) is 0 Å². The van der Waals surface area contributed by atoms with E-state index in [0.717, 1.165) is 17.3 Å². The Morgan fingerprint density at radius 2 is 1.82 bits per heavy atom. The second-order valence-corrected chi connectivity index (χ2v) is 8.22. The van der Waals surface area contributed by atoms with E-state index in [2.05, 4.69) is 10.6 Å². The molecular weight excluding hydrogens is 464 g/mol. The summed E-state index contributed by atoms with van der Waals surface area (Å²) in [5, 5.41) is 22.0. The van der Waals surface area contributed by atoms with Gasteiger partial charge in [0.2, 0.25) is 0 Å². The topological polar surface area (TPSA) is 159 Å². The molecule has 1 atom stereocenters. The second kappa shape index (κ2) is 11.1. The lowest BCUT2D eigenvalue weighted by Gasteiger charge is -2.14. The van der Waals surface area contributed by atoms with Gasteiger partial charge in [0.1, 0.15) is 18.4 Å². The lowest BCUT2D eigenvalue weighted by molar-refractivity contribution is -0.140. The molecular formula is C23H20N2O8S. The molecule has 0 aliphatic carbocycles. The number of nitrogens with one attached hydrogen (secondary N) is 2. The monoisotopic (exact) mass is 484 g/mol. The van der Waals surface area contributed by atoms with E-state index >= 15 is 0 Å². The summed E-state index contributed by atoms with van der Waals surface area (Å²) in [5.74, 6) is -2.99. The zero-order chi connectivity index (χ0) is 24.7. The molecule has 0 unspecified atom stereocenters. The summed E-state index contributed by atoms with van der Waals surface area (Å²) in [6.45, 7) is 0.187. The average molecular weight is 484 g/mol. The lowest BCUT2D eigenvalue weighted by atomic mass is 10.1. The summed E-state index contributed by atoms with van der Waals surface area (Å²) in [4.78, 5) is 57.5. The van der Waals surface area contributed by atoms with Crippen LogP contribution < -0.4 is 15.4 Å². The first kappa shape index (κ1) is 24.5. The third kappa shape index (κ3) is 6.94. The Kier molecular flexibility index (Phi) is 8.04. The van der Waals surface area contributed by atoms with Gasteiger partial charge in [-0.05, 0) is 59.7 Å². The van der Waals surface area contributed by atoms with Gasteiger partial charge in [-0.2, -0.15) is 0 Å². The normalized spacial score (nSPS) is 15.0. The number of hydrogen-bond donors (Lipinski definition) is 4. The molecule has 2 aromatic carbocycles. The van der Waals surface area contributed by atoms with Crippen LogP contribution in [-0.4, -0.2) is 45.2 Å². The molecule has 0 aromatic heterocycles. The van der Waals surface area contributed by atoms with Gasteiger partial charge in [-0.25, -0.2) is 4.79 Å². The second-order valence-electron chi connectivity index (χ2n) is 7.21. The molecule has 1 aliphatic heterocycles. The molecule has 0 saturated carbocycles. The maximum Gasteiger partial charge on any atom is 0.326 e. The number of rotatable bonds is 10. The molecule has 10 nitrogen and oxygen atoms in total. The molecule has 34 heavy (non-hydrogen) atoms. The zero-order valence-electron chi connectivity index (χ0n) is 17.6. The highest BCUT2D eigenvalue weighted by molar-refractivity contribution is 8.18. The summed E-state index contributed by atoms with van der Waals surface area (Å²) in [5.41, 5.74) is 1.66. The Bertz CT molecular complexity index is 1160. The maximum absolute atomic E-state index is 12.3. The number of hydrogen-bond acceptors (Lipinski definition) is 7. The van der Waals surface area contributed by atoms with Gasteiger partial charge in [0, 0.05) is 12.0 Å². The van der Waals surface area contributed by atoms with Crippen LogP contribution in [0.25, 0.3) is 6.08 Å². The third-order valence-corrected chi connectivity index (χ3v) is 5.48. The minimum absolute atomic E-state index is 0.187. The Morgan fingerprint density at radius 1 is 1.09 bits per heavy atom. The number of aliphatic carboxylic acids is 2. The molecule has 1 aliphatic rings. The van der Waals surface area contributed by atoms with Crippen molar-refractivity contribution in [3.63, 3.8) is 0 Å². The maximum atomic E-state index is 12.3. The smallest absolute Gasteiger partial charge is 0.326 e. The fraction of sp³-hybridized carbons (Fsp3) is 0.174. The molecule has 11 heteroatoms. The number of imide groups is 1. The predicted molar refractivity (Wildman–Crippen MR) is 122 cm³/mol. The van der Waals surface area contributed by atoms with Crippen molar-refractivity contribution in [1.29, 1.82) is 0 Å². The summed E-state index contributed by atoms with van der Waals surface area (Å²) in [7, 11) is 0. The van der Waals surface area contributed by atoms with Crippen LogP contribution >= 0.6 is 11.8 Å². The summed E-state index contributed by atoms with van der Waals surface area (Å²) < 4.78 is 5.76. The number of amides is 3. The van der Waals surface area contributed by atoms with Crippen molar-refractivity contribution in [2.24, 2.45) is 0 Å². The van der Waals surface area contributed by atoms with Crippen LogP contribution in [0.4, 0.5) is 4.79 Å². The van der Waals surface area contributed by atoms with Crippen molar-refractivity contribution in [2.75, 3.05) is 0 Å². The molecule has 3 rings (SSSR count). The predicted octanol–water partition coefficient (Wildman–Crippen LogP) is 2.64. The number of ether oxygens (including phenoxy) is 1. The van der Waals surface area contributed by atoms with Crippen molar-refractivity contribution in [3.8, 4) is 5.75 Å². The van der Waals surface area contributed by atoms with Gasteiger partial charge >= 0.3 is 11.9 Å². The van der Waals surface area contributed by atoms with E-state index in [1.165, 1.54) is 12.1 Å². The Morgan fingerprint density at radius 3 is 2.44 bits per heavy atom. The van der Waals surface area contributed by atoms with E-state index in [4.69, 9.17) is 14.9 Å². The summed E-state index contributed by atoms with van der Waals surface area (Å²) in [6, 6.07) is 12.0. The number of carboxylic acids is 2. The number of thioether (sulfide) groups is 1. The van der Waals surface area contributed by atoms with Crippen LogP contribution in [0, 0.1) is 0 Å². The van der Waals surface area contributed by atoms with Crippen LogP contribution in [0.1, 0.15) is 34.3 Å². The molecule has 1 heterocycles. The van der Waals surface area contributed by atoms with Crippen molar-refractivity contribution in [2.45, 2.75) is 25.5 Å². The highest BCUT2D eigenvalue weighted by Crippen LogP contribution is 2.26. The highest BCUT2D eigenvalue weighted by Gasteiger charge is 2.25. The largest absolute Gasteiger partial charge is 0.489 e. The summed E-state index contributed by atoms with van der Waals surface area (Å²) in [6.07, 6.45) is 0.986. The molecule has 3 amide bonds. The first-order valence-corrected chi connectivity index (χ1v) is 10.8. The van der Waals surface area contributed by atoms with Gasteiger partial charge in [0.15, 0.2) is 0 Å². The number of carbonyl (C=O) groups is 5.